The van der Waals surface area contributed by atoms with Gasteiger partial charge in [-0.3, -0.25) is 0 Å². The van der Waals surface area contributed by atoms with Gasteiger partial charge in [0.1, 0.15) is 6.61 Å². The third-order valence-electron chi connectivity index (χ3n) is 2.08. The molecule has 0 bridgehead atoms. The minimum Gasteiger partial charge on any atom is -0.485 e. The van der Waals surface area contributed by atoms with Gasteiger partial charge in [0.15, 0.2) is 5.76 Å². The maximum Gasteiger partial charge on any atom is 0.448 e. The topological polar surface area (TPSA) is 9.23 Å². The van der Waals surface area contributed by atoms with Crippen molar-refractivity contribution >= 4 is 8.07 Å². The monoisotopic (exact) mass is 274 g/mol. The van der Waals surface area contributed by atoms with Gasteiger partial charge in [-0.05, 0) is 11.3 Å². The van der Waals surface area contributed by atoms with Gasteiger partial charge < -0.3 is 4.74 Å². The van der Waals surface area contributed by atoms with Crippen molar-refractivity contribution in [1.82, 2.24) is 0 Å². The molecule has 1 aromatic carbocycles. The lowest BCUT2D eigenvalue weighted by Gasteiger charge is -2.18. The molecule has 0 heterocycles. The minimum absolute atomic E-state index is 0.0589. The standard InChI is InChI=1S/C13H17F3OSi/c1-18(2,3)10-12(13(14,15)16)17-9-11-7-5-4-6-8-11/h4-8,10H,9H2,1-3H3/b12-10-. The second kappa shape index (κ2) is 5.61. The zero-order valence-electron chi connectivity index (χ0n) is 10.7. The summed E-state index contributed by atoms with van der Waals surface area (Å²) < 4.78 is 43.3. The lowest BCUT2D eigenvalue weighted by molar-refractivity contribution is -0.132. The van der Waals surface area contributed by atoms with E-state index in [4.69, 9.17) is 4.74 Å². The molecule has 0 saturated carbocycles. The summed E-state index contributed by atoms with van der Waals surface area (Å²) in [6.07, 6.45) is -4.42. The van der Waals surface area contributed by atoms with Gasteiger partial charge in [0, 0.05) is 0 Å². The van der Waals surface area contributed by atoms with E-state index in [1.807, 2.05) is 25.7 Å². The van der Waals surface area contributed by atoms with E-state index in [0.717, 1.165) is 5.56 Å². The van der Waals surface area contributed by atoms with Gasteiger partial charge >= 0.3 is 6.18 Å². The van der Waals surface area contributed by atoms with Crippen molar-refractivity contribution in [3.05, 3.63) is 47.4 Å². The Morgan fingerprint density at radius 3 is 2.17 bits per heavy atom. The highest BCUT2D eigenvalue weighted by molar-refractivity contribution is 6.81. The normalized spacial score (nSPS) is 13.6. The summed E-state index contributed by atoms with van der Waals surface area (Å²) in [6, 6.07) is 8.83. The molecule has 0 atom stereocenters. The highest BCUT2D eigenvalue weighted by Crippen LogP contribution is 2.29. The van der Waals surface area contributed by atoms with Crippen LogP contribution in [0.25, 0.3) is 0 Å². The molecule has 5 heteroatoms. The fourth-order valence-electron chi connectivity index (χ4n) is 1.33. The van der Waals surface area contributed by atoms with Crippen LogP contribution in [-0.4, -0.2) is 14.3 Å². The third kappa shape index (κ3) is 5.40. The maximum absolute atomic E-state index is 12.8. The van der Waals surface area contributed by atoms with Crippen LogP contribution in [0.1, 0.15) is 5.56 Å². The van der Waals surface area contributed by atoms with Gasteiger partial charge in [0.2, 0.25) is 0 Å². The zero-order chi connectivity index (χ0) is 13.8. The predicted molar refractivity (Wildman–Crippen MR) is 68.7 cm³/mol. The quantitative estimate of drug-likeness (QED) is 0.579. The molecule has 1 nitrogen and oxygen atoms in total. The first-order valence-corrected chi connectivity index (χ1v) is 9.23. The molecule has 0 spiro atoms. The van der Waals surface area contributed by atoms with E-state index in [1.54, 1.807) is 24.3 Å². The number of hydrogen-bond acceptors (Lipinski definition) is 1. The molecule has 18 heavy (non-hydrogen) atoms. The molecule has 0 N–H and O–H groups in total. The van der Waals surface area contributed by atoms with Crippen LogP contribution in [-0.2, 0) is 11.3 Å². The second-order valence-corrected chi connectivity index (χ2v) is 10.2. The molecule has 0 fully saturated rings. The van der Waals surface area contributed by atoms with Crippen molar-refractivity contribution in [2.75, 3.05) is 0 Å². The van der Waals surface area contributed by atoms with Gasteiger partial charge in [-0.15, -0.1) is 0 Å². The molecule has 100 valence electrons. The van der Waals surface area contributed by atoms with Crippen LogP contribution < -0.4 is 0 Å². The number of ether oxygens (including phenoxy) is 1. The summed E-state index contributed by atoms with van der Waals surface area (Å²) in [5.41, 5.74) is 1.97. The Kier molecular flexibility index (Phi) is 4.62. The molecule has 0 aliphatic heterocycles. The van der Waals surface area contributed by atoms with E-state index in [1.165, 1.54) is 5.70 Å². The van der Waals surface area contributed by atoms with E-state index < -0.39 is 20.0 Å². The van der Waals surface area contributed by atoms with Crippen LogP contribution in [0.15, 0.2) is 41.8 Å². The Bertz CT molecular complexity index is 404. The van der Waals surface area contributed by atoms with Crippen molar-refractivity contribution < 1.29 is 17.9 Å². The summed E-state index contributed by atoms with van der Waals surface area (Å²) in [5.74, 6) is -0.870. The Morgan fingerprint density at radius 2 is 1.72 bits per heavy atom. The Labute approximate surface area is 106 Å². The molecular weight excluding hydrogens is 257 g/mol. The van der Waals surface area contributed by atoms with Crippen LogP contribution in [0.5, 0.6) is 0 Å². The number of benzene rings is 1. The zero-order valence-corrected chi connectivity index (χ0v) is 11.7. The van der Waals surface area contributed by atoms with Crippen LogP contribution in [0.3, 0.4) is 0 Å². The van der Waals surface area contributed by atoms with E-state index in [2.05, 4.69) is 0 Å². The number of allylic oxidation sites excluding steroid dienone is 1. The fourth-order valence-corrected chi connectivity index (χ4v) is 2.37. The lowest BCUT2D eigenvalue weighted by atomic mass is 10.2. The fraction of sp³-hybridized carbons (Fsp3) is 0.385. The first kappa shape index (κ1) is 14.8. The van der Waals surface area contributed by atoms with Gasteiger partial charge in [-0.2, -0.15) is 13.2 Å². The summed E-state index contributed by atoms with van der Waals surface area (Å²) in [4.78, 5) is 0. The van der Waals surface area contributed by atoms with Crippen molar-refractivity contribution in [3.8, 4) is 0 Å². The summed E-state index contributed by atoms with van der Waals surface area (Å²) in [5, 5.41) is 0. The molecular formula is C13H17F3OSi. The van der Waals surface area contributed by atoms with E-state index in [9.17, 15) is 13.2 Å². The minimum atomic E-state index is -4.42. The number of rotatable bonds is 4. The molecule has 0 radical (unpaired) electrons. The average molecular weight is 274 g/mol. The van der Waals surface area contributed by atoms with Gasteiger partial charge in [0.05, 0.1) is 8.07 Å². The van der Waals surface area contributed by atoms with Crippen LogP contribution >= 0.6 is 0 Å². The van der Waals surface area contributed by atoms with E-state index in [0.29, 0.717) is 0 Å². The molecule has 0 saturated heterocycles. The number of hydrogen-bond donors (Lipinski definition) is 0. The van der Waals surface area contributed by atoms with Gasteiger partial charge in [-0.25, -0.2) is 0 Å². The Balaban J connectivity index is 2.79. The Morgan fingerprint density at radius 1 is 1.17 bits per heavy atom. The SMILES string of the molecule is C[Si](C)(C)/C=C(\OCc1ccccc1)C(F)(F)F. The second-order valence-electron chi connectivity index (χ2n) is 5.15. The first-order valence-electron chi connectivity index (χ1n) is 5.65. The number of alkyl halides is 3. The third-order valence-corrected chi connectivity index (χ3v) is 3.21. The van der Waals surface area contributed by atoms with Crippen molar-refractivity contribution in [3.63, 3.8) is 0 Å². The van der Waals surface area contributed by atoms with E-state index >= 15 is 0 Å². The van der Waals surface area contributed by atoms with Gasteiger partial charge in [0.25, 0.3) is 0 Å². The Hall–Kier alpha value is -1.23. The summed E-state index contributed by atoms with van der Waals surface area (Å²) in [6.45, 7) is 5.45. The molecule has 1 rings (SSSR count). The van der Waals surface area contributed by atoms with Crippen LogP contribution in [0, 0.1) is 0 Å². The highest BCUT2D eigenvalue weighted by atomic mass is 28.3. The van der Waals surface area contributed by atoms with Crippen LogP contribution in [0.4, 0.5) is 13.2 Å². The van der Waals surface area contributed by atoms with Crippen molar-refractivity contribution in [2.24, 2.45) is 0 Å². The largest absolute Gasteiger partial charge is 0.485 e. The smallest absolute Gasteiger partial charge is 0.448 e. The molecule has 0 amide bonds. The molecule has 0 aliphatic rings. The average Bonchev–Trinajstić information content (AvgIpc) is 2.22. The number of halogens is 3. The summed E-state index contributed by atoms with van der Waals surface area (Å²) in [7, 11) is -1.98. The van der Waals surface area contributed by atoms with Crippen LogP contribution in [0.2, 0.25) is 19.6 Å². The van der Waals surface area contributed by atoms with E-state index in [-0.39, 0.29) is 6.61 Å². The molecule has 1 aromatic rings. The lowest BCUT2D eigenvalue weighted by Crippen LogP contribution is -2.23. The van der Waals surface area contributed by atoms with Crippen molar-refractivity contribution in [2.45, 2.75) is 32.4 Å². The van der Waals surface area contributed by atoms with Crippen molar-refractivity contribution in [1.29, 1.82) is 0 Å². The first-order chi connectivity index (χ1) is 8.18. The molecule has 0 aliphatic carbocycles. The maximum atomic E-state index is 12.8. The van der Waals surface area contributed by atoms with Gasteiger partial charge in [-0.1, -0.05) is 50.0 Å². The highest BCUT2D eigenvalue weighted by Gasteiger charge is 2.37. The predicted octanol–water partition coefficient (Wildman–Crippen LogP) is 4.53. The summed E-state index contributed by atoms with van der Waals surface area (Å²) >= 11 is 0. The molecule has 0 unspecified atom stereocenters. The molecule has 0 aromatic heterocycles.